The lowest BCUT2D eigenvalue weighted by Crippen LogP contribution is -2.42. The normalized spacial score (nSPS) is 24.1. The summed E-state index contributed by atoms with van der Waals surface area (Å²) in [6, 6.07) is 14.3. The summed E-state index contributed by atoms with van der Waals surface area (Å²) in [6.07, 6.45) is 0.947. The first-order valence-corrected chi connectivity index (χ1v) is 9.80. The smallest absolute Gasteiger partial charge is 0.414 e. The molecule has 2 atom stereocenters. The van der Waals surface area contributed by atoms with Gasteiger partial charge in [-0.1, -0.05) is 36.4 Å². The van der Waals surface area contributed by atoms with Gasteiger partial charge in [-0.05, 0) is 48.6 Å². The number of urea groups is 1. The number of amides is 4. The van der Waals surface area contributed by atoms with Crippen molar-refractivity contribution < 1.29 is 19.1 Å². The van der Waals surface area contributed by atoms with E-state index in [9.17, 15) is 14.4 Å². The average molecular weight is 391 g/mol. The van der Waals surface area contributed by atoms with Crippen LogP contribution < -0.4 is 10.2 Å². The molecule has 0 bridgehead atoms. The predicted molar refractivity (Wildman–Crippen MR) is 105 cm³/mol. The van der Waals surface area contributed by atoms with E-state index in [1.807, 2.05) is 55.5 Å². The van der Waals surface area contributed by atoms with E-state index in [0.717, 1.165) is 23.1 Å². The van der Waals surface area contributed by atoms with Crippen LogP contribution in [0.3, 0.4) is 0 Å². The molecule has 2 aliphatic heterocycles. The number of nitrogens with one attached hydrogen (secondary N) is 1. The maximum absolute atomic E-state index is 13.5. The highest BCUT2D eigenvalue weighted by molar-refractivity contribution is 6.08. The second kappa shape index (κ2) is 6.34. The summed E-state index contributed by atoms with van der Waals surface area (Å²) in [4.78, 5) is 41.1. The average Bonchev–Trinajstić information content (AvgIpc) is 3.39. The molecule has 3 aliphatic rings. The van der Waals surface area contributed by atoms with Gasteiger partial charge in [-0.2, -0.15) is 0 Å². The maximum atomic E-state index is 13.5. The fraction of sp³-hybridized carbons (Fsp3) is 0.318. The van der Waals surface area contributed by atoms with Crippen molar-refractivity contribution in [3.8, 4) is 0 Å². The predicted octanol–water partition coefficient (Wildman–Crippen LogP) is 3.10. The van der Waals surface area contributed by atoms with Crippen molar-refractivity contribution in [1.82, 2.24) is 10.2 Å². The lowest BCUT2D eigenvalue weighted by Gasteiger charge is -2.26. The molecule has 2 heterocycles. The zero-order chi connectivity index (χ0) is 20.2. The number of imide groups is 1. The molecule has 1 aliphatic carbocycles. The molecule has 1 spiro atoms. The molecule has 2 unspecified atom stereocenters. The SMILES string of the molecule is CC(c1cccc(N2CCOC2=O)c1)N1C(=O)NC2(CCc3ccccc32)C1=O. The Morgan fingerprint density at radius 3 is 2.72 bits per heavy atom. The third kappa shape index (κ3) is 2.53. The lowest BCUT2D eigenvalue weighted by atomic mass is 9.91. The van der Waals surface area contributed by atoms with Gasteiger partial charge in [0, 0.05) is 5.69 Å². The van der Waals surface area contributed by atoms with Gasteiger partial charge in [-0.3, -0.25) is 14.6 Å². The van der Waals surface area contributed by atoms with Crippen molar-refractivity contribution in [2.75, 3.05) is 18.1 Å². The Bertz CT molecular complexity index is 1040. The van der Waals surface area contributed by atoms with E-state index < -0.39 is 11.6 Å². The monoisotopic (exact) mass is 391 g/mol. The first-order chi connectivity index (χ1) is 14.0. The second-order valence-electron chi connectivity index (χ2n) is 7.70. The number of anilines is 1. The molecule has 2 aromatic carbocycles. The van der Waals surface area contributed by atoms with Gasteiger partial charge in [0.25, 0.3) is 5.91 Å². The number of nitrogens with zero attached hydrogens (tertiary/aromatic N) is 2. The third-order valence-corrected chi connectivity index (χ3v) is 6.18. The van der Waals surface area contributed by atoms with E-state index in [1.54, 1.807) is 4.90 Å². The molecule has 4 amide bonds. The van der Waals surface area contributed by atoms with Crippen LogP contribution in [-0.2, 0) is 21.5 Å². The highest BCUT2D eigenvalue weighted by atomic mass is 16.6. The number of carbonyl (C=O) groups is 3. The van der Waals surface area contributed by atoms with Gasteiger partial charge in [0.15, 0.2) is 0 Å². The van der Waals surface area contributed by atoms with Gasteiger partial charge in [0.05, 0.1) is 12.6 Å². The highest BCUT2D eigenvalue weighted by Gasteiger charge is 2.56. The number of cyclic esters (lactones) is 1. The van der Waals surface area contributed by atoms with E-state index in [2.05, 4.69) is 5.32 Å². The van der Waals surface area contributed by atoms with Crippen molar-refractivity contribution in [2.45, 2.75) is 31.3 Å². The van der Waals surface area contributed by atoms with Crippen LogP contribution in [0.5, 0.6) is 0 Å². The minimum atomic E-state index is -0.974. The van der Waals surface area contributed by atoms with E-state index in [1.165, 1.54) is 4.90 Å². The summed E-state index contributed by atoms with van der Waals surface area (Å²) >= 11 is 0. The molecule has 29 heavy (non-hydrogen) atoms. The molecular weight excluding hydrogens is 370 g/mol. The number of ether oxygens (including phenoxy) is 1. The molecule has 1 N–H and O–H groups in total. The van der Waals surface area contributed by atoms with E-state index in [4.69, 9.17) is 4.74 Å². The molecule has 0 saturated carbocycles. The molecule has 2 aromatic rings. The Hall–Kier alpha value is -3.35. The number of aryl methyl sites for hydroxylation is 1. The zero-order valence-corrected chi connectivity index (χ0v) is 16.1. The van der Waals surface area contributed by atoms with Gasteiger partial charge in [0.1, 0.15) is 12.1 Å². The Morgan fingerprint density at radius 2 is 1.93 bits per heavy atom. The van der Waals surface area contributed by atoms with Crippen LogP contribution in [0.25, 0.3) is 0 Å². The van der Waals surface area contributed by atoms with Crippen LogP contribution in [0.1, 0.15) is 36.1 Å². The molecule has 2 saturated heterocycles. The van der Waals surface area contributed by atoms with E-state index >= 15 is 0 Å². The number of benzene rings is 2. The zero-order valence-electron chi connectivity index (χ0n) is 16.1. The number of rotatable bonds is 3. The Balaban J connectivity index is 1.47. The van der Waals surface area contributed by atoms with Crippen LogP contribution in [0.15, 0.2) is 48.5 Å². The summed E-state index contributed by atoms with van der Waals surface area (Å²) in [5.74, 6) is -0.217. The van der Waals surface area contributed by atoms with E-state index in [0.29, 0.717) is 25.3 Å². The summed E-state index contributed by atoms with van der Waals surface area (Å²) in [6.45, 7) is 2.67. The summed E-state index contributed by atoms with van der Waals surface area (Å²) in [7, 11) is 0. The summed E-state index contributed by atoms with van der Waals surface area (Å²) < 4.78 is 5.01. The second-order valence-corrected chi connectivity index (χ2v) is 7.70. The van der Waals surface area contributed by atoms with Crippen molar-refractivity contribution in [1.29, 1.82) is 0 Å². The van der Waals surface area contributed by atoms with Crippen molar-refractivity contribution in [3.63, 3.8) is 0 Å². The van der Waals surface area contributed by atoms with Crippen LogP contribution in [-0.4, -0.2) is 36.1 Å². The largest absolute Gasteiger partial charge is 0.447 e. The first kappa shape index (κ1) is 17.7. The first-order valence-electron chi connectivity index (χ1n) is 9.80. The Kier molecular flexibility index (Phi) is 3.87. The molecular formula is C22H21N3O4. The molecule has 5 rings (SSSR count). The number of hydrogen-bond acceptors (Lipinski definition) is 4. The molecule has 2 fully saturated rings. The standard InChI is InChI=1S/C22H21N3O4/c1-14(16-6-4-7-17(13-16)24-11-12-29-21(24)28)25-19(26)22(23-20(25)27)10-9-15-5-2-3-8-18(15)22/h2-8,13-14H,9-12H2,1H3,(H,23,27). The maximum Gasteiger partial charge on any atom is 0.414 e. The van der Waals surface area contributed by atoms with Crippen LogP contribution in [0, 0.1) is 0 Å². The highest BCUT2D eigenvalue weighted by Crippen LogP contribution is 2.43. The van der Waals surface area contributed by atoms with Crippen LogP contribution in [0.2, 0.25) is 0 Å². The minimum Gasteiger partial charge on any atom is -0.447 e. The minimum absolute atomic E-state index is 0.217. The quantitative estimate of drug-likeness (QED) is 0.816. The molecule has 7 nitrogen and oxygen atoms in total. The fourth-order valence-corrected chi connectivity index (χ4v) is 4.64. The fourth-order valence-electron chi connectivity index (χ4n) is 4.64. The summed E-state index contributed by atoms with van der Waals surface area (Å²) in [5, 5.41) is 2.97. The number of carbonyl (C=O) groups excluding carboxylic acids is 3. The van der Waals surface area contributed by atoms with Gasteiger partial charge in [-0.25, -0.2) is 9.59 Å². The summed E-state index contributed by atoms with van der Waals surface area (Å²) in [5.41, 5.74) is 2.50. The van der Waals surface area contributed by atoms with Crippen molar-refractivity contribution >= 4 is 23.7 Å². The molecule has 0 aromatic heterocycles. The van der Waals surface area contributed by atoms with Crippen molar-refractivity contribution in [2.24, 2.45) is 0 Å². The van der Waals surface area contributed by atoms with Crippen molar-refractivity contribution in [3.05, 3.63) is 65.2 Å². The number of fused-ring (bicyclic) bond motifs is 2. The van der Waals surface area contributed by atoms with Gasteiger partial charge >= 0.3 is 12.1 Å². The Morgan fingerprint density at radius 1 is 1.10 bits per heavy atom. The van der Waals surface area contributed by atoms with Crippen LogP contribution in [0.4, 0.5) is 15.3 Å². The Labute approximate surface area is 168 Å². The molecule has 148 valence electrons. The third-order valence-electron chi connectivity index (χ3n) is 6.18. The van der Waals surface area contributed by atoms with E-state index in [-0.39, 0.29) is 18.0 Å². The van der Waals surface area contributed by atoms with Crippen LogP contribution >= 0.6 is 0 Å². The number of hydrogen-bond donors (Lipinski definition) is 1. The molecule has 0 radical (unpaired) electrons. The van der Waals surface area contributed by atoms with Gasteiger partial charge in [0.2, 0.25) is 0 Å². The van der Waals surface area contributed by atoms with Gasteiger partial charge < -0.3 is 10.1 Å². The topological polar surface area (TPSA) is 79.0 Å². The van der Waals surface area contributed by atoms with Gasteiger partial charge in [-0.15, -0.1) is 0 Å². The molecule has 7 heteroatoms. The lowest BCUT2D eigenvalue weighted by molar-refractivity contribution is -0.133.